The summed E-state index contributed by atoms with van der Waals surface area (Å²) in [5.74, 6) is 1.36. The fourth-order valence-electron chi connectivity index (χ4n) is 1.63. The Labute approximate surface area is 137 Å². The van der Waals surface area contributed by atoms with E-state index in [1.54, 1.807) is 6.07 Å². The van der Waals surface area contributed by atoms with Gasteiger partial charge in [0.15, 0.2) is 0 Å². The van der Waals surface area contributed by atoms with Crippen molar-refractivity contribution in [1.82, 2.24) is 9.97 Å². The van der Waals surface area contributed by atoms with Crippen molar-refractivity contribution in [3.05, 3.63) is 53.1 Å². The molecule has 2 rings (SSSR count). The number of aromatic amines is 1. The fourth-order valence-corrected chi connectivity index (χ4v) is 2.35. The van der Waals surface area contributed by atoms with E-state index in [0.717, 1.165) is 11.4 Å². The summed E-state index contributed by atoms with van der Waals surface area (Å²) in [5, 5.41) is 6.95. The third-order valence-corrected chi connectivity index (χ3v) is 3.73. The molecule has 0 spiro atoms. The van der Waals surface area contributed by atoms with Crippen molar-refractivity contribution in [2.75, 3.05) is 22.2 Å². The molecule has 120 valence electrons. The Morgan fingerprint density at radius 2 is 2.04 bits per heavy atom. The van der Waals surface area contributed by atoms with Crippen molar-refractivity contribution < 1.29 is 4.79 Å². The van der Waals surface area contributed by atoms with Gasteiger partial charge in [0.1, 0.15) is 5.82 Å². The van der Waals surface area contributed by atoms with Crippen molar-refractivity contribution in [1.29, 1.82) is 0 Å². The highest BCUT2D eigenvalue weighted by atomic mass is 32.2. The van der Waals surface area contributed by atoms with E-state index in [2.05, 4.69) is 25.8 Å². The molecule has 0 atom stereocenters. The summed E-state index contributed by atoms with van der Waals surface area (Å²) < 4.78 is 0. The SMILES string of the molecule is C/C(CSCC(=O)Nc1ccccc1)=N\Nc1ccnc(=O)[nH]1. The number of nitrogens with zero attached hydrogens (tertiary/aromatic N) is 2. The van der Waals surface area contributed by atoms with Gasteiger partial charge >= 0.3 is 5.69 Å². The monoisotopic (exact) mass is 331 g/mol. The van der Waals surface area contributed by atoms with Crippen molar-refractivity contribution in [3.8, 4) is 0 Å². The molecule has 7 nitrogen and oxygen atoms in total. The lowest BCUT2D eigenvalue weighted by atomic mass is 10.3. The molecule has 1 aromatic carbocycles. The largest absolute Gasteiger partial charge is 0.346 e. The number of amides is 1. The number of carbonyl (C=O) groups is 1. The Morgan fingerprint density at radius 3 is 2.78 bits per heavy atom. The molecule has 0 aliphatic rings. The maximum Gasteiger partial charge on any atom is 0.346 e. The lowest BCUT2D eigenvalue weighted by Crippen LogP contribution is -2.15. The molecule has 2 aromatic rings. The minimum Gasteiger partial charge on any atom is -0.325 e. The molecule has 0 fully saturated rings. The second-order valence-electron chi connectivity index (χ2n) is 4.65. The zero-order valence-corrected chi connectivity index (χ0v) is 13.4. The summed E-state index contributed by atoms with van der Waals surface area (Å²) in [6, 6.07) is 10.9. The first-order valence-electron chi connectivity index (χ1n) is 6.90. The van der Waals surface area contributed by atoms with E-state index in [1.807, 2.05) is 37.3 Å². The summed E-state index contributed by atoms with van der Waals surface area (Å²) in [4.78, 5) is 28.8. The predicted octanol–water partition coefficient (Wildman–Crippen LogP) is 1.93. The molecule has 3 N–H and O–H groups in total. The first-order valence-corrected chi connectivity index (χ1v) is 8.06. The van der Waals surface area contributed by atoms with Crippen LogP contribution in [0.1, 0.15) is 6.92 Å². The third kappa shape index (κ3) is 6.35. The Morgan fingerprint density at radius 1 is 1.26 bits per heavy atom. The summed E-state index contributed by atoms with van der Waals surface area (Å²) in [6.07, 6.45) is 1.40. The molecule has 0 aliphatic heterocycles. The summed E-state index contributed by atoms with van der Waals surface area (Å²) in [7, 11) is 0. The van der Waals surface area contributed by atoms with Crippen LogP contribution in [0.5, 0.6) is 0 Å². The number of carbonyl (C=O) groups excluding carboxylic acids is 1. The quantitative estimate of drug-likeness (QED) is 0.532. The second-order valence-corrected chi connectivity index (χ2v) is 5.64. The van der Waals surface area contributed by atoms with Gasteiger partial charge < -0.3 is 5.32 Å². The van der Waals surface area contributed by atoms with Gasteiger partial charge in [0.2, 0.25) is 5.91 Å². The molecule has 1 aromatic heterocycles. The van der Waals surface area contributed by atoms with Crippen LogP contribution in [0.25, 0.3) is 0 Å². The van der Waals surface area contributed by atoms with Gasteiger partial charge in [-0.05, 0) is 25.1 Å². The Hall–Kier alpha value is -2.61. The molecule has 8 heteroatoms. The average molecular weight is 331 g/mol. The minimum absolute atomic E-state index is 0.0552. The van der Waals surface area contributed by atoms with Crippen LogP contribution in [0, 0.1) is 0 Å². The number of aromatic nitrogens is 2. The maximum atomic E-state index is 11.8. The lowest BCUT2D eigenvalue weighted by molar-refractivity contribution is -0.113. The van der Waals surface area contributed by atoms with Gasteiger partial charge in [-0.1, -0.05) is 18.2 Å². The molecule has 0 saturated heterocycles. The van der Waals surface area contributed by atoms with Gasteiger partial charge in [0, 0.05) is 23.3 Å². The van der Waals surface area contributed by atoms with E-state index in [0.29, 0.717) is 17.3 Å². The van der Waals surface area contributed by atoms with Crippen LogP contribution in [-0.4, -0.2) is 33.1 Å². The molecule has 0 unspecified atom stereocenters. The summed E-state index contributed by atoms with van der Waals surface area (Å²) >= 11 is 1.46. The maximum absolute atomic E-state index is 11.8. The zero-order valence-electron chi connectivity index (χ0n) is 12.6. The lowest BCUT2D eigenvalue weighted by Gasteiger charge is -2.05. The number of benzene rings is 1. The van der Waals surface area contributed by atoms with Crippen LogP contribution < -0.4 is 16.4 Å². The number of hydrogen-bond donors (Lipinski definition) is 3. The number of para-hydroxylation sites is 1. The Balaban J connectivity index is 1.71. The van der Waals surface area contributed by atoms with Crippen LogP contribution in [0.15, 0.2) is 52.5 Å². The number of hydrazone groups is 1. The van der Waals surface area contributed by atoms with E-state index in [9.17, 15) is 9.59 Å². The fraction of sp³-hybridized carbons (Fsp3) is 0.200. The van der Waals surface area contributed by atoms with E-state index >= 15 is 0 Å². The first kappa shape index (κ1) is 16.8. The van der Waals surface area contributed by atoms with Gasteiger partial charge in [-0.15, -0.1) is 11.8 Å². The molecular weight excluding hydrogens is 314 g/mol. The zero-order chi connectivity index (χ0) is 16.5. The minimum atomic E-state index is -0.435. The Kier molecular flexibility index (Phi) is 6.37. The van der Waals surface area contributed by atoms with E-state index in [-0.39, 0.29) is 5.91 Å². The van der Waals surface area contributed by atoms with Crippen LogP contribution in [0.3, 0.4) is 0 Å². The highest BCUT2D eigenvalue weighted by molar-refractivity contribution is 8.00. The Bertz CT molecular complexity index is 730. The molecule has 0 radical (unpaired) electrons. The predicted molar refractivity (Wildman–Crippen MR) is 94.0 cm³/mol. The highest BCUT2D eigenvalue weighted by Gasteiger charge is 2.03. The summed E-state index contributed by atoms with van der Waals surface area (Å²) in [6.45, 7) is 1.84. The van der Waals surface area contributed by atoms with Crippen molar-refractivity contribution in [2.24, 2.45) is 5.10 Å². The number of thioether (sulfide) groups is 1. The molecule has 1 amide bonds. The van der Waals surface area contributed by atoms with Gasteiger partial charge in [-0.2, -0.15) is 5.10 Å². The first-order chi connectivity index (χ1) is 11.1. The van der Waals surface area contributed by atoms with Gasteiger partial charge in [-0.25, -0.2) is 9.78 Å². The molecule has 0 saturated carbocycles. The molecule has 0 aliphatic carbocycles. The van der Waals surface area contributed by atoms with Crippen molar-refractivity contribution in [2.45, 2.75) is 6.92 Å². The number of anilines is 2. The van der Waals surface area contributed by atoms with Gasteiger partial charge in [0.25, 0.3) is 0 Å². The van der Waals surface area contributed by atoms with Gasteiger partial charge in [-0.3, -0.25) is 15.2 Å². The number of hydrogen-bond acceptors (Lipinski definition) is 6. The molecular formula is C15H17N5O2S. The van der Waals surface area contributed by atoms with Crippen LogP contribution in [0.2, 0.25) is 0 Å². The highest BCUT2D eigenvalue weighted by Crippen LogP contribution is 2.07. The average Bonchev–Trinajstić information content (AvgIpc) is 2.54. The standard InChI is InChI=1S/C15H17N5O2S/c1-11(19-20-13-7-8-16-15(22)18-13)9-23-10-14(21)17-12-5-3-2-4-6-12/h2-8H,9-10H2,1H3,(H,17,21)(H2,16,18,20,22)/b19-11+. The molecule has 23 heavy (non-hydrogen) atoms. The number of rotatable bonds is 7. The van der Waals surface area contributed by atoms with E-state index < -0.39 is 5.69 Å². The number of nitrogens with one attached hydrogen (secondary N) is 3. The smallest absolute Gasteiger partial charge is 0.325 e. The normalized spacial score (nSPS) is 11.1. The van der Waals surface area contributed by atoms with Crippen LogP contribution in [-0.2, 0) is 4.79 Å². The van der Waals surface area contributed by atoms with E-state index in [1.165, 1.54) is 18.0 Å². The molecule has 1 heterocycles. The van der Waals surface area contributed by atoms with E-state index in [4.69, 9.17) is 0 Å². The van der Waals surface area contributed by atoms with Crippen molar-refractivity contribution >= 4 is 34.9 Å². The van der Waals surface area contributed by atoms with Gasteiger partial charge in [0.05, 0.1) is 5.75 Å². The topological polar surface area (TPSA) is 99.2 Å². The number of H-pyrrole nitrogens is 1. The van der Waals surface area contributed by atoms with Crippen LogP contribution in [0.4, 0.5) is 11.5 Å². The summed E-state index contributed by atoms with van der Waals surface area (Å²) in [5.41, 5.74) is 3.90. The molecule has 0 bridgehead atoms. The third-order valence-electron chi connectivity index (χ3n) is 2.64. The van der Waals surface area contributed by atoms with Crippen LogP contribution >= 0.6 is 11.8 Å². The second kappa shape index (κ2) is 8.74. The van der Waals surface area contributed by atoms with Crippen molar-refractivity contribution in [3.63, 3.8) is 0 Å².